The van der Waals surface area contributed by atoms with E-state index in [2.05, 4.69) is 44.1 Å². The molecular formula is C42H52N4O6S2+2. The summed E-state index contributed by atoms with van der Waals surface area (Å²) in [7, 11) is 9.91. The number of carbonyl (C=O) groups is 2. The number of rotatable bonds is 23. The molecule has 4 rings (SSSR count). The Morgan fingerprint density at radius 3 is 1.41 bits per heavy atom. The molecule has 0 radical (unpaired) electrons. The number of amides is 2. The van der Waals surface area contributed by atoms with E-state index in [0.717, 1.165) is 60.0 Å². The largest absolute Gasteiger partial charge is 0.493 e. The highest BCUT2D eigenvalue weighted by Gasteiger charge is 2.11. The number of pyridine rings is 2. The van der Waals surface area contributed by atoms with Crippen molar-refractivity contribution >= 4 is 57.7 Å². The molecule has 0 unspecified atom stereocenters. The number of hydrogen-bond acceptors (Lipinski definition) is 8. The van der Waals surface area contributed by atoms with Crippen LogP contribution in [0, 0.1) is 0 Å². The predicted molar refractivity (Wildman–Crippen MR) is 220 cm³/mol. The van der Waals surface area contributed by atoms with Gasteiger partial charge in [-0.05, 0) is 59.7 Å². The molecule has 12 heteroatoms. The molecule has 54 heavy (non-hydrogen) atoms. The van der Waals surface area contributed by atoms with Gasteiger partial charge in [0.25, 0.3) is 0 Å². The number of ether oxygens (including phenoxy) is 4. The quantitative estimate of drug-likeness (QED) is 0.0500. The third-order valence-corrected chi connectivity index (χ3v) is 10.8. The topological polar surface area (TPSA) is 103 Å². The predicted octanol–water partition coefficient (Wildman–Crippen LogP) is 6.51. The summed E-state index contributed by atoms with van der Waals surface area (Å²) in [5, 5.41) is 6.04. The average Bonchev–Trinajstić information content (AvgIpc) is 3.20. The third-order valence-electron chi connectivity index (χ3n) is 8.36. The molecule has 2 heterocycles. The lowest BCUT2D eigenvalue weighted by Crippen LogP contribution is -2.37. The molecule has 0 aliphatic heterocycles. The molecule has 2 N–H and O–H groups in total. The monoisotopic (exact) mass is 772 g/mol. The second-order valence-corrected chi connectivity index (χ2v) is 14.8. The van der Waals surface area contributed by atoms with Gasteiger partial charge in [0.2, 0.25) is 23.2 Å². The number of carbonyl (C=O) groups excluding carboxylic acids is 2. The van der Waals surface area contributed by atoms with Crippen molar-refractivity contribution in [2.45, 2.75) is 38.8 Å². The molecule has 2 amide bonds. The van der Waals surface area contributed by atoms with Crippen LogP contribution in [0.5, 0.6) is 23.0 Å². The van der Waals surface area contributed by atoms with E-state index in [9.17, 15) is 9.59 Å². The van der Waals surface area contributed by atoms with Crippen LogP contribution < -0.4 is 38.7 Å². The van der Waals surface area contributed by atoms with Crippen LogP contribution in [-0.2, 0) is 22.7 Å². The summed E-state index contributed by atoms with van der Waals surface area (Å²) in [5.74, 6) is 4.49. The first-order chi connectivity index (χ1) is 26.4. The van der Waals surface area contributed by atoms with Gasteiger partial charge in [-0.2, -0.15) is 9.13 Å². The second kappa shape index (κ2) is 23.7. The Balaban J connectivity index is 1.05. The molecule has 0 bridgehead atoms. The van der Waals surface area contributed by atoms with Gasteiger partial charge < -0.3 is 29.6 Å². The average molecular weight is 773 g/mol. The minimum Gasteiger partial charge on any atom is -0.493 e. The van der Waals surface area contributed by atoms with Crippen LogP contribution in [-0.4, -0.2) is 64.8 Å². The van der Waals surface area contributed by atoms with Gasteiger partial charge in [-0.15, -0.1) is 0 Å². The van der Waals surface area contributed by atoms with E-state index in [-0.39, 0.29) is 11.8 Å². The Morgan fingerprint density at radius 2 is 1.00 bits per heavy atom. The highest BCUT2D eigenvalue weighted by molar-refractivity contribution is 8.76. The second-order valence-electron chi connectivity index (χ2n) is 12.1. The van der Waals surface area contributed by atoms with E-state index < -0.39 is 0 Å². The van der Waals surface area contributed by atoms with Crippen LogP contribution in [0.25, 0.3) is 24.3 Å². The first-order valence-electron chi connectivity index (χ1n) is 18.0. The Kier molecular flexibility index (Phi) is 18.3. The maximum atomic E-state index is 12.4. The highest BCUT2D eigenvalue weighted by atomic mass is 33.1. The zero-order valence-electron chi connectivity index (χ0n) is 31.6. The molecule has 2 aromatic heterocycles. The van der Waals surface area contributed by atoms with E-state index >= 15 is 0 Å². The van der Waals surface area contributed by atoms with Crippen molar-refractivity contribution in [2.75, 3.05) is 53.0 Å². The van der Waals surface area contributed by atoms with Crippen LogP contribution in [0.3, 0.4) is 0 Å². The summed E-state index contributed by atoms with van der Waals surface area (Å²) >= 11 is 0. The molecule has 2 aromatic carbocycles. The van der Waals surface area contributed by atoms with Gasteiger partial charge in [0.1, 0.15) is 13.1 Å². The lowest BCUT2D eigenvalue weighted by Gasteiger charge is -2.07. The van der Waals surface area contributed by atoms with Gasteiger partial charge in [0, 0.05) is 86.7 Å². The molecule has 0 spiro atoms. The SMILES string of the molecule is COc1ccc(/C=C/c2cccc[n+]2CCCC(=O)NCCSSCCNC(=O)CCC[n+]2ccccc2/C=C/c2ccc(OC)c(OC)c2)cc1OC. The Morgan fingerprint density at radius 1 is 0.574 bits per heavy atom. The fourth-order valence-electron chi connectivity index (χ4n) is 5.54. The Hall–Kier alpha value is -4.94. The Bertz CT molecular complexity index is 1720. The van der Waals surface area contributed by atoms with E-state index in [1.807, 2.05) is 85.2 Å². The minimum absolute atomic E-state index is 0.0570. The maximum Gasteiger partial charge on any atom is 0.220 e. The third kappa shape index (κ3) is 14.1. The molecule has 4 aromatic rings. The van der Waals surface area contributed by atoms with Gasteiger partial charge in [0.05, 0.1) is 28.4 Å². The number of benzene rings is 2. The number of aryl methyl sites for hydroxylation is 2. The summed E-state index contributed by atoms with van der Waals surface area (Å²) in [6.07, 6.45) is 14.7. The molecule has 0 aliphatic carbocycles. The lowest BCUT2D eigenvalue weighted by molar-refractivity contribution is -0.699. The number of aromatic nitrogens is 2. The van der Waals surface area contributed by atoms with Crippen molar-refractivity contribution < 1.29 is 37.7 Å². The first-order valence-corrected chi connectivity index (χ1v) is 20.5. The molecule has 10 nitrogen and oxygen atoms in total. The van der Waals surface area contributed by atoms with Crippen molar-refractivity contribution in [2.24, 2.45) is 0 Å². The van der Waals surface area contributed by atoms with Crippen LogP contribution in [0.2, 0.25) is 0 Å². The summed E-state index contributed by atoms with van der Waals surface area (Å²) in [4.78, 5) is 24.9. The molecule has 0 fully saturated rings. The van der Waals surface area contributed by atoms with Gasteiger partial charge in [0.15, 0.2) is 35.4 Å². The molecule has 0 saturated heterocycles. The fraction of sp³-hybridized carbons (Fsp3) is 0.333. The fourth-order valence-corrected chi connectivity index (χ4v) is 7.36. The van der Waals surface area contributed by atoms with E-state index in [4.69, 9.17) is 18.9 Å². The molecular weight excluding hydrogens is 721 g/mol. The van der Waals surface area contributed by atoms with Crippen molar-refractivity contribution in [1.29, 1.82) is 0 Å². The minimum atomic E-state index is 0.0570. The standard InChI is InChI=1S/C42H50N4O6S2/c1-49-37-21-17-33(31-39(37)51-3)15-19-35-11-5-7-25-45(35)27-9-13-41(47)43-23-29-53-54-30-24-44-42(48)14-10-28-46-26-8-6-12-36(46)20-16-34-18-22-38(50-2)40(32-34)52-4/h5-8,11-12,15-22,25-26,31-32H,9-10,13-14,23-24,27-30H2,1-4H3/p+2/b19-15+,20-16+. The van der Waals surface area contributed by atoms with E-state index in [1.54, 1.807) is 50.0 Å². The summed E-state index contributed by atoms with van der Waals surface area (Å²) in [5.41, 5.74) is 4.11. The summed E-state index contributed by atoms with van der Waals surface area (Å²) < 4.78 is 25.8. The number of methoxy groups -OCH3 is 4. The van der Waals surface area contributed by atoms with Gasteiger partial charge in [-0.25, -0.2) is 0 Å². The summed E-state index contributed by atoms with van der Waals surface area (Å²) in [6.45, 7) is 2.70. The molecule has 0 aliphatic rings. The van der Waals surface area contributed by atoms with Crippen molar-refractivity contribution in [3.63, 3.8) is 0 Å². The maximum absolute atomic E-state index is 12.4. The van der Waals surface area contributed by atoms with Gasteiger partial charge in [-0.1, -0.05) is 33.7 Å². The first kappa shape index (κ1) is 41.8. The molecule has 0 atom stereocenters. The van der Waals surface area contributed by atoms with Crippen molar-refractivity contribution in [3.8, 4) is 23.0 Å². The smallest absolute Gasteiger partial charge is 0.220 e. The van der Waals surface area contributed by atoms with Crippen molar-refractivity contribution in [3.05, 3.63) is 108 Å². The van der Waals surface area contributed by atoms with Crippen LogP contribution in [0.15, 0.2) is 85.2 Å². The summed E-state index contributed by atoms with van der Waals surface area (Å²) in [6, 6.07) is 23.7. The molecule has 286 valence electrons. The highest BCUT2D eigenvalue weighted by Crippen LogP contribution is 2.29. The molecule has 0 saturated carbocycles. The normalized spacial score (nSPS) is 11.1. The van der Waals surface area contributed by atoms with E-state index in [1.165, 1.54) is 0 Å². The number of nitrogens with zero attached hydrogens (tertiary/aromatic N) is 2. The van der Waals surface area contributed by atoms with Crippen molar-refractivity contribution in [1.82, 2.24) is 10.6 Å². The lowest BCUT2D eigenvalue weighted by atomic mass is 10.1. The van der Waals surface area contributed by atoms with Crippen LogP contribution >= 0.6 is 21.6 Å². The zero-order chi connectivity index (χ0) is 38.4. The zero-order valence-corrected chi connectivity index (χ0v) is 33.3. The van der Waals surface area contributed by atoms with Gasteiger partial charge in [-0.3, -0.25) is 9.59 Å². The number of hydrogen-bond donors (Lipinski definition) is 2. The van der Waals surface area contributed by atoms with Gasteiger partial charge >= 0.3 is 0 Å². The van der Waals surface area contributed by atoms with Crippen LogP contribution in [0.1, 0.15) is 48.2 Å². The van der Waals surface area contributed by atoms with E-state index in [0.29, 0.717) is 48.9 Å². The number of nitrogens with one attached hydrogen (secondary N) is 2. The van der Waals surface area contributed by atoms with Crippen LogP contribution in [0.4, 0.5) is 0 Å². The Labute approximate surface area is 327 Å².